The predicted octanol–water partition coefficient (Wildman–Crippen LogP) is 2.80. The van der Waals surface area contributed by atoms with Crippen molar-refractivity contribution in [2.24, 2.45) is 0 Å². The van der Waals surface area contributed by atoms with Crippen LogP contribution in [0.1, 0.15) is 27.7 Å². The van der Waals surface area contributed by atoms with Crippen LogP contribution < -0.4 is 0 Å². The highest BCUT2D eigenvalue weighted by Gasteiger charge is 1.92. The van der Waals surface area contributed by atoms with E-state index in [1.54, 1.807) is 12.5 Å². The zero-order valence-electron chi connectivity index (χ0n) is 8.79. The van der Waals surface area contributed by atoms with E-state index in [2.05, 4.69) is 0 Å². The van der Waals surface area contributed by atoms with E-state index in [-0.39, 0.29) is 0 Å². The summed E-state index contributed by atoms with van der Waals surface area (Å²) in [5, 5.41) is 0. The van der Waals surface area contributed by atoms with Crippen LogP contribution >= 0.6 is 0 Å². The van der Waals surface area contributed by atoms with Crippen LogP contribution in [0.25, 0.3) is 0 Å². The molecule has 0 atom stereocenters. The molecule has 0 unspecified atom stereocenters. The Balaban J connectivity index is 3.82. The zero-order chi connectivity index (χ0) is 10.1. The number of allylic oxidation sites excluding steroid dienone is 2. The van der Waals surface area contributed by atoms with Crippen molar-refractivity contribution < 1.29 is 14.2 Å². The van der Waals surface area contributed by atoms with Gasteiger partial charge in [0.2, 0.25) is 0 Å². The van der Waals surface area contributed by atoms with E-state index < -0.39 is 0 Å². The first-order valence-corrected chi connectivity index (χ1v) is 4.45. The Morgan fingerprint density at radius 1 is 0.923 bits per heavy atom. The van der Waals surface area contributed by atoms with E-state index in [1.165, 1.54) is 0 Å². The summed E-state index contributed by atoms with van der Waals surface area (Å²) in [6, 6.07) is 0. The van der Waals surface area contributed by atoms with E-state index in [4.69, 9.17) is 14.2 Å². The number of hydrogen-bond acceptors (Lipinski definition) is 3. The second-order valence-corrected chi connectivity index (χ2v) is 2.47. The van der Waals surface area contributed by atoms with Crippen LogP contribution in [0.15, 0.2) is 24.0 Å². The molecule has 0 amide bonds. The Hall–Kier alpha value is -1.12. The summed E-state index contributed by atoms with van der Waals surface area (Å²) in [6.07, 6.45) is 3.17. The van der Waals surface area contributed by atoms with Crippen molar-refractivity contribution in [3.8, 4) is 0 Å². The second-order valence-electron chi connectivity index (χ2n) is 2.47. The lowest BCUT2D eigenvalue weighted by molar-refractivity contribution is 0.207. The van der Waals surface area contributed by atoms with Crippen molar-refractivity contribution in [2.45, 2.75) is 27.7 Å². The Morgan fingerprint density at radius 2 is 1.31 bits per heavy atom. The third kappa shape index (κ3) is 7.25. The molecule has 0 saturated carbocycles. The molecule has 3 heteroatoms. The maximum atomic E-state index is 5.33. The monoisotopic (exact) mass is 186 g/mol. The first kappa shape index (κ1) is 11.9. The van der Waals surface area contributed by atoms with Gasteiger partial charge >= 0.3 is 0 Å². The highest BCUT2D eigenvalue weighted by atomic mass is 16.5. The van der Waals surface area contributed by atoms with Crippen molar-refractivity contribution in [1.29, 1.82) is 0 Å². The Morgan fingerprint density at radius 3 is 1.62 bits per heavy atom. The van der Waals surface area contributed by atoms with Crippen LogP contribution in [0.2, 0.25) is 0 Å². The van der Waals surface area contributed by atoms with Crippen molar-refractivity contribution in [3.05, 3.63) is 24.0 Å². The molecule has 0 aliphatic heterocycles. The molecule has 0 aromatic rings. The van der Waals surface area contributed by atoms with E-state index in [0.717, 1.165) is 11.5 Å². The van der Waals surface area contributed by atoms with Gasteiger partial charge in [0.15, 0.2) is 0 Å². The van der Waals surface area contributed by atoms with Gasteiger partial charge in [0, 0.05) is 0 Å². The minimum absolute atomic E-state index is 0.648. The average Bonchev–Trinajstić information content (AvgIpc) is 2.11. The first-order chi connectivity index (χ1) is 6.20. The van der Waals surface area contributed by atoms with Crippen molar-refractivity contribution >= 4 is 0 Å². The molecule has 0 heterocycles. The maximum Gasteiger partial charge on any atom is 0.135 e. The average molecular weight is 186 g/mol. The van der Waals surface area contributed by atoms with Gasteiger partial charge in [-0.15, -0.1) is 0 Å². The minimum Gasteiger partial charge on any atom is -0.498 e. The number of ether oxygens (including phenoxy) is 3. The van der Waals surface area contributed by atoms with E-state index in [9.17, 15) is 0 Å². The summed E-state index contributed by atoms with van der Waals surface area (Å²) >= 11 is 0. The summed E-state index contributed by atoms with van der Waals surface area (Å²) in [5.74, 6) is 1.44. The molecule has 0 spiro atoms. The predicted molar refractivity (Wildman–Crippen MR) is 51.9 cm³/mol. The summed E-state index contributed by atoms with van der Waals surface area (Å²) in [5.41, 5.74) is 0. The third-order valence-corrected chi connectivity index (χ3v) is 1.15. The molecule has 0 N–H and O–H groups in total. The number of hydrogen-bond donors (Lipinski definition) is 0. The molecule has 76 valence electrons. The van der Waals surface area contributed by atoms with Crippen LogP contribution in [-0.2, 0) is 14.2 Å². The molecule has 0 bridgehead atoms. The summed E-state index contributed by atoms with van der Waals surface area (Å²) in [4.78, 5) is 0. The van der Waals surface area contributed by atoms with Crippen LogP contribution in [0.3, 0.4) is 0 Å². The van der Waals surface area contributed by atoms with E-state index in [0.29, 0.717) is 13.2 Å². The Kier molecular flexibility index (Phi) is 6.88. The van der Waals surface area contributed by atoms with E-state index in [1.807, 2.05) is 27.7 Å². The number of rotatable bonds is 6. The molecular formula is C10H18O3. The van der Waals surface area contributed by atoms with Crippen molar-refractivity contribution in [2.75, 3.05) is 13.2 Å². The van der Waals surface area contributed by atoms with Gasteiger partial charge in [-0.05, 0) is 27.7 Å². The van der Waals surface area contributed by atoms with Gasteiger partial charge in [0.05, 0.1) is 13.2 Å². The Bertz CT molecular complexity index is 163. The first-order valence-electron chi connectivity index (χ1n) is 4.45. The molecule has 0 aliphatic carbocycles. The van der Waals surface area contributed by atoms with Gasteiger partial charge in [-0.2, -0.15) is 0 Å². The molecule has 0 aromatic heterocycles. The molecule has 0 radical (unpaired) electrons. The van der Waals surface area contributed by atoms with Gasteiger partial charge in [-0.3, -0.25) is 0 Å². The van der Waals surface area contributed by atoms with Gasteiger partial charge in [0.25, 0.3) is 0 Å². The quantitative estimate of drug-likeness (QED) is 0.597. The fraction of sp³-hybridized carbons (Fsp3) is 0.600. The molecule has 0 aliphatic rings. The second kappa shape index (κ2) is 7.53. The topological polar surface area (TPSA) is 27.7 Å². The maximum absolute atomic E-state index is 5.33. The molecule has 0 aromatic carbocycles. The van der Waals surface area contributed by atoms with Gasteiger partial charge in [-0.25, -0.2) is 0 Å². The normalized spacial score (nSPS) is 12.6. The van der Waals surface area contributed by atoms with Gasteiger partial charge in [-0.1, -0.05) is 0 Å². The third-order valence-electron chi connectivity index (χ3n) is 1.15. The van der Waals surface area contributed by atoms with Crippen molar-refractivity contribution in [1.82, 2.24) is 0 Å². The highest BCUT2D eigenvalue weighted by molar-refractivity contribution is 4.92. The minimum atomic E-state index is 0.648. The zero-order valence-corrected chi connectivity index (χ0v) is 8.79. The van der Waals surface area contributed by atoms with Crippen LogP contribution in [0.5, 0.6) is 0 Å². The van der Waals surface area contributed by atoms with Crippen LogP contribution in [0, 0.1) is 0 Å². The fourth-order valence-corrected chi connectivity index (χ4v) is 0.703. The smallest absolute Gasteiger partial charge is 0.135 e. The van der Waals surface area contributed by atoms with Gasteiger partial charge in [0.1, 0.15) is 24.0 Å². The molecule has 0 fully saturated rings. The standard InChI is InChI=1S/C10H18O3/c1-5-11-7-9(3)13-10(4)8-12-6-2/h7-8H,5-6H2,1-4H3/b9-7-,10-8-. The SMILES string of the molecule is CCO/C=C(/C)O/C(C)=C\OCC. The Labute approximate surface area is 80.0 Å². The molecular weight excluding hydrogens is 168 g/mol. The lowest BCUT2D eigenvalue weighted by Crippen LogP contribution is -1.90. The van der Waals surface area contributed by atoms with Crippen LogP contribution in [-0.4, -0.2) is 13.2 Å². The lowest BCUT2D eigenvalue weighted by Gasteiger charge is -2.05. The van der Waals surface area contributed by atoms with Crippen LogP contribution in [0.4, 0.5) is 0 Å². The summed E-state index contributed by atoms with van der Waals surface area (Å²) < 4.78 is 15.4. The molecule has 13 heavy (non-hydrogen) atoms. The largest absolute Gasteiger partial charge is 0.498 e. The highest BCUT2D eigenvalue weighted by Crippen LogP contribution is 2.05. The van der Waals surface area contributed by atoms with Crippen molar-refractivity contribution in [3.63, 3.8) is 0 Å². The van der Waals surface area contributed by atoms with E-state index >= 15 is 0 Å². The van der Waals surface area contributed by atoms with Gasteiger partial charge < -0.3 is 14.2 Å². The molecule has 3 nitrogen and oxygen atoms in total. The molecule has 0 saturated heterocycles. The molecule has 0 rings (SSSR count). The summed E-state index contributed by atoms with van der Waals surface area (Å²) in [6.45, 7) is 8.81. The summed E-state index contributed by atoms with van der Waals surface area (Å²) in [7, 11) is 0. The fourth-order valence-electron chi connectivity index (χ4n) is 0.703. The lowest BCUT2D eigenvalue weighted by atomic mass is 10.6.